The van der Waals surface area contributed by atoms with Crippen molar-refractivity contribution < 1.29 is 19.0 Å². The molecule has 0 aromatic heterocycles. The van der Waals surface area contributed by atoms with Crippen LogP contribution in [0.3, 0.4) is 0 Å². The monoisotopic (exact) mass is 247 g/mol. The summed E-state index contributed by atoms with van der Waals surface area (Å²) in [6.07, 6.45) is 2.04. The number of esters is 1. The largest absolute Gasteiger partial charge is 0.466 e. The fraction of sp³-hybridized carbons (Fsp3) is 0.917. The average Bonchev–Trinajstić information content (AvgIpc) is 2.34. The van der Waals surface area contributed by atoms with E-state index in [1.165, 1.54) is 0 Å². The maximum atomic E-state index is 11.4. The zero-order chi connectivity index (χ0) is 12.9. The van der Waals surface area contributed by atoms with Gasteiger partial charge in [0.15, 0.2) is 0 Å². The van der Waals surface area contributed by atoms with E-state index < -0.39 is 0 Å². The van der Waals surface area contributed by atoms with E-state index in [2.05, 4.69) is 0 Å². The Kier molecular flexibility index (Phi) is 11.4. The Labute approximate surface area is 104 Å². The van der Waals surface area contributed by atoms with Crippen LogP contribution in [0.4, 0.5) is 0 Å². The van der Waals surface area contributed by atoms with Crippen LogP contribution in [0.1, 0.15) is 26.2 Å². The van der Waals surface area contributed by atoms with E-state index in [-0.39, 0.29) is 11.9 Å². The number of carbonyl (C=O) groups is 1. The molecule has 0 saturated heterocycles. The van der Waals surface area contributed by atoms with Gasteiger partial charge in [0.05, 0.1) is 19.8 Å². The van der Waals surface area contributed by atoms with Crippen LogP contribution in [0.5, 0.6) is 0 Å². The molecule has 0 radical (unpaired) electrons. The number of nitrogens with two attached hydrogens (primary N) is 1. The fourth-order valence-corrected chi connectivity index (χ4v) is 1.28. The third-order valence-electron chi connectivity index (χ3n) is 2.49. The molecule has 0 fully saturated rings. The molecular weight excluding hydrogens is 222 g/mol. The molecule has 0 aliphatic carbocycles. The van der Waals surface area contributed by atoms with Gasteiger partial charge in [-0.25, -0.2) is 0 Å². The second-order valence-corrected chi connectivity index (χ2v) is 3.89. The van der Waals surface area contributed by atoms with Gasteiger partial charge in [0.25, 0.3) is 0 Å². The fourth-order valence-electron chi connectivity index (χ4n) is 1.28. The molecule has 5 heteroatoms. The van der Waals surface area contributed by atoms with Gasteiger partial charge in [-0.15, -0.1) is 0 Å². The Hall–Kier alpha value is -0.650. The van der Waals surface area contributed by atoms with Crippen LogP contribution in [0.15, 0.2) is 0 Å². The van der Waals surface area contributed by atoms with Crippen molar-refractivity contribution in [2.24, 2.45) is 11.7 Å². The zero-order valence-electron chi connectivity index (χ0n) is 10.9. The van der Waals surface area contributed by atoms with Crippen LogP contribution in [-0.2, 0) is 19.0 Å². The molecule has 0 aromatic carbocycles. The Morgan fingerprint density at radius 2 is 2.00 bits per heavy atom. The minimum absolute atomic E-state index is 0.167. The van der Waals surface area contributed by atoms with Crippen LogP contribution in [-0.4, -0.2) is 46.1 Å². The van der Waals surface area contributed by atoms with Gasteiger partial charge >= 0.3 is 5.97 Å². The smallest absolute Gasteiger partial charge is 0.306 e. The highest BCUT2D eigenvalue weighted by atomic mass is 16.5. The summed E-state index contributed by atoms with van der Waals surface area (Å²) in [5.74, 6) is 0.0691. The van der Waals surface area contributed by atoms with E-state index in [0.717, 1.165) is 12.8 Å². The maximum absolute atomic E-state index is 11.4. The summed E-state index contributed by atoms with van der Waals surface area (Å²) in [5, 5.41) is 0. The maximum Gasteiger partial charge on any atom is 0.306 e. The van der Waals surface area contributed by atoms with Crippen molar-refractivity contribution >= 4 is 5.97 Å². The van der Waals surface area contributed by atoms with E-state index in [1.54, 1.807) is 7.11 Å². The van der Waals surface area contributed by atoms with Crippen LogP contribution in [0.25, 0.3) is 0 Å². The minimum atomic E-state index is -0.167. The molecule has 0 spiro atoms. The van der Waals surface area contributed by atoms with E-state index in [4.69, 9.17) is 19.9 Å². The average molecular weight is 247 g/mol. The van der Waals surface area contributed by atoms with E-state index in [0.29, 0.717) is 39.4 Å². The van der Waals surface area contributed by atoms with Crippen LogP contribution < -0.4 is 5.73 Å². The molecule has 0 rings (SSSR count). The molecule has 1 atom stereocenters. The van der Waals surface area contributed by atoms with Crippen molar-refractivity contribution in [3.8, 4) is 0 Å². The minimum Gasteiger partial charge on any atom is -0.466 e. The molecular formula is C12H25NO4. The van der Waals surface area contributed by atoms with Gasteiger partial charge in [0.1, 0.15) is 0 Å². The first-order valence-corrected chi connectivity index (χ1v) is 6.16. The summed E-state index contributed by atoms with van der Waals surface area (Å²) in [6, 6.07) is 0. The van der Waals surface area contributed by atoms with E-state index >= 15 is 0 Å². The van der Waals surface area contributed by atoms with E-state index in [9.17, 15) is 4.79 Å². The van der Waals surface area contributed by atoms with Crippen molar-refractivity contribution in [1.82, 2.24) is 0 Å². The number of hydrogen-bond acceptors (Lipinski definition) is 5. The molecule has 0 amide bonds. The van der Waals surface area contributed by atoms with Crippen molar-refractivity contribution in [1.29, 1.82) is 0 Å². The first kappa shape index (κ1) is 16.4. The summed E-state index contributed by atoms with van der Waals surface area (Å²) in [6.45, 7) is 4.72. The summed E-state index contributed by atoms with van der Waals surface area (Å²) in [7, 11) is 1.63. The third kappa shape index (κ3) is 10.2. The van der Waals surface area contributed by atoms with Gasteiger partial charge < -0.3 is 19.9 Å². The van der Waals surface area contributed by atoms with Gasteiger partial charge in [-0.05, 0) is 12.5 Å². The lowest BCUT2D eigenvalue weighted by Gasteiger charge is -2.11. The standard InChI is InChI=1S/C12H25NO4/c1-3-11(10-13)9-12(14)17-6-4-5-16-8-7-15-2/h11H,3-10,13H2,1-2H3. The highest BCUT2D eigenvalue weighted by Crippen LogP contribution is 2.07. The Bertz CT molecular complexity index is 183. The molecule has 0 saturated carbocycles. The number of ether oxygens (including phenoxy) is 3. The van der Waals surface area contributed by atoms with Gasteiger partial charge in [0, 0.05) is 26.6 Å². The normalized spacial score (nSPS) is 12.4. The predicted molar refractivity (Wildman–Crippen MR) is 65.7 cm³/mol. The van der Waals surface area contributed by atoms with Crippen LogP contribution in [0.2, 0.25) is 0 Å². The molecule has 2 N–H and O–H groups in total. The molecule has 0 aromatic rings. The number of carbonyl (C=O) groups excluding carboxylic acids is 1. The molecule has 5 nitrogen and oxygen atoms in total. The second kappa shape index (κ2) is 11.8. The lowest BCUT2D eigenvalue weighted by Crippen LogP contribution is -2.19. The lowest BCUT2D eigenvalue weighted by molar-refractivity contribution is -0.145. The van der Waals surface area contributed by atoms with E-state index in [1.807, 2.05) is 6.92 Å². The molecule has 0 heterocycles. The number of hydrogen-bond donors (Lipinski definition) is 1. The Morgan fingerprint density at radius 3 is 2.59 bits per heavy atom. The summed E-state index contributed by atoms with van der Waals surface area (Å²) in [5.41, 5.74) is 5.51. The molecule has 17 heavy (non-hydrogen) atoms. The highest BCUT2D eigenvalue weighted by Gasteiger charge is 2.11. The predicted octanol–water partition coefficient (Wildman–Crippen LogP) is 0.958. The van der Waals surface area contributed by atoms with Crippen LogP contribution >= 0.6 is 0 Å². The topological polar surface area (TPSA) is 70.8 Å². The summed E-state index contributed by atoms with van der Waals surface area (Å²) >= 11 is 0. The molecule has 0 bridgehead atoms. The van der Waals surface area contributed by atoms with Gasteiger partial charge in [-0.3, -0.25) is 4.79 Å². The summed E-state index contributed by atoms with van der Waals surface area (Å²) < 4.78 is 15.2. The van der Waals surface area contributed by atoms with Crippen molar-refractivity contribution in [3.05, 3.63) is 0 Å². The quantitative estimate of drug-likeness (QED) is 0.435. The summed E-state index contributed by atoms with van der Waals surface area (Å²) in [4.78, 5) is 11.4. The van der Waals surface area contributed by atoms with Crippen molar-refractivity contribution in [2.45, 2.75) is 26.2 Å². The lowest BCUT2D eigenvalue weighted by atomic mass is 10.0. The van der Waals surface area contributed by atoms with Crippen molar-refractivity contribution in [2.75, 3.05) is 40.1 Å². The highest BCUT2D eigenvalue weighted by molar-refractivity contribution is 5.69. The second-order valence-electron chi connectivity index (χ2n) is 3.89. The van der Waals surface area contributed by atoms with Gasteiger partial charge in [-0.2, -0.15) is 0 Å². The van der Waals surface area contributed by atoms with Gasteiger partial charge in [-0.1, -0.05) is 13.3 Å². The molecule has 0 aliphatic heterocycles. The number of methoxy groups -OCH3 is 1. The Morgan fingerprint density at radius 1 is 1.24 bits per heavy atom. The first-order chi connectivity index (χ1) is 8.24. The Balaban J connectivity index is 3.33. The molecule has 102 valence electrons. The van der Waals surface area contributed by atoms with Gasteiger partial charge in [0.2, 0.25) is 0 Å². The first-order valence-electron chi connectivity index (χ1n) is 6.16. The molecule has 1 unspecified atom stereocenters. The number of rotatable bonds is 11. The zero-order valence-corrected chi connectivity index (χ0v) is 10.9. The van der Waals surface area contributed by atoms with Crippen molar-refractivity contribution in [3.63, 3.8) is 0 Å². The molecule has 0 aliphatic rings. The third-order valence-corrected chi connectivity index (χ3v) is 2.49. The van der Waals surface area contributed by atoms with Crippen LogP contribution in [0, 0.1) is 5.92 Å². The SMILES string of the molecule is CCC(CN)CC(=O)OCCCOCCOC.